The van der Waals surface area contributed by atoms with Gasteiger partial charge in [-0.3, -0.25) is 0 Å². The third-order valence-corrected chi connectivity index (χ3v) is 6.80. The average molecular weight is 657 g/mol. The number of nitrogens with zero attached hydrogens (tertiary/aromatic N) is 1. The normalized spacial score (nSPS) is 10.9. The molecule has 1 aliphatic carbocycles. The van der Waals surface area contributed by atoms with E-state index in [1.54, 1.807) is 0 Å². The molecule has 0 fully saturated rings. The van der Waals surface area contributed by atoms with Crippen LogP contribution in [-0.2, 0) is 36.1 Å². The molecule has 0 N–H and O–H groups in total. The number of halogens is 3. The van der Waals surface area contributed by atoms with Crippen LogP contribution in [0.2, 0.25) is 0 Å². The molecule has 1 aliphatic rings. The van der Waals surface area contributed by atoms with E-state index in [0.29, 0.717) is 0 Å². The van der Waals surface area contributed by atoms with E-state index in [2.05, 4.69) is 127 Å². The summed E-state index contributed by atoms with van der Waals surface area (Å²) in [5.74, 6) is 0. The number of hydrogen-bond acceptors (Lipinski definition) is 1. The van der Waals surface area contributed by atoms with Crippen molar-refractivity contribution in [2.75, 3.05) is 0 Å². The van der Waals surface area contributed by atoms with Crippen molar-refractivity contribution < 1.29 is 47.5 Å². The van der Waals surface area contributed by atoms with Crippen molar-refractivity contribution in [1.29, 1.82) is 0 Å². The summed E-state index contributed by atoms with van der Waals surface area (Å²) in [6.07, 6.45) is 1.01. The molecule has 1 aromatic heterocycles. The Morgan fingerprint density at radius 1 is 0.857 bits per heavy atom. The molecule has 6 heteroatoms. The van der Waals surface area contributed by atoms with Gasteiger partial charge in [0.25, 0.3) is 0 Å². The van der Waals surface area contributed by atoms with Crippen molar-refractivity contribution in [1.82, 2.24) is 4.57 Å². The zero-order chi connectivity index (χ0) is 22.9. The minimum absolute atomic E-state index is 0. The SMILES string of the molecule is Cn1c2c(c3ccccc31)-c1[c-]cc(Br)cc1C2.[Cl-].[Cl-].[S]=[Zr+2].c1ccc2c(c1)[cH-]c1ccccc12. The van der Waals surface area contributed by atoms with Crippen molar-refractivity contribution in [3.05, 3.63) is 113 Å². The molecule has 0 spiro atoms. The first-order chi connectivity index (χ1) is 16.2. The maximum Gasteiger partial charge on any atom is -0.0771 e. The van der Waals surface area contributed by atoms with E-state index in [1.807, 2.05) is 6.07 Å². The van der Waals surface area contributed by atoms with Crippen LogP contribution in [-0.4, -0.2) is 4.57 Å². The number of fused-ring (bicyclic) bond motifs is 8. The largest absolute Gasteiger partial charge is 0.126 e. The molecular weight excluding hydrogens is 636 g/mol. The minimum atomic E-state index is 0. The fraction of sp³-hybridized carbons (Fsp3) is 0.0690. The molecule has 0 radical (unpaired) electrons. The Hall–Kier alpha value is -1.55. The second-order valence-electron chi connectivity index (χ2n) is 8.11. The van der Waals surface area contributed by atoms with Crippen LogP contribution in [0.5, 0.6) is 0 Å². The van der Waals surface area contributed by atoms with E-state index in [-0.39, 0.29) is 24.8 Å². The summed E-state index contributed by atoms with van der Waals surface area (Å²) in [4.78, 5) is 0. The van der Waals surface area contributed by atoms with Gasteiger partial charge in [0, 0.05) is 12.6 Å². The quantitative estimate of drug-likeness (QED) is 0.228. The maximum atomic E-state index is 4.17. The van der Waals surface area contributed by atoms with Crippen LogP contribution < -0.4 is 24.8 Å². The zero-order valence-corrected chi connectivity index (χ0v) is 25.2. The monoisotopic (exact) mass is 653 g/mol. The summed E-state index contributed by atoms with van der Waals surface area (Å²) >= 11 is 4.66. The van der Waals surface area contributed by atoms with Crippen LogP contribution in [0.15, 0.2) is 95.5 Å². The van der Waals surface area contributed by atoms with Gasteiger partial charge in [-0.05, 0) is 23.6 Å². The second kappa shape index (κ2) is 12.1. The third kappa shape index (κ3) is 5.15. The molecule has 1 heterocycles. The molecule has 5 aromatic carbocycles. The Morgan fingerprint density at radius 3 is 2.03 bits per heavy atom. The number of benzene rings is 4. The van der Waals surface area contributed by atoms with Crippen molar-refractivity contribution in [3.8, 4) is 11.1 Å². The molecule has 174 valence electrons. The number of para-hydroxylation sites is 1. The van der Waals surface area contributed by atoms with Gasteiger partial charge in [-0.25, -0.2) is 0 Å². The van der Waals surface area contributed by atoms with E-state index in [0.717, 1.165) is 33.6 Å². The predicted molar refractivity (Wildman–Crippen MR) is 142 cm³/mol. The summed E-state index contributed by atoms with van der Waals surface area (Å²) in [7, 11) is 6.33. The van der Waals surface area contributed by atoms with E-state index >= 15 is 0 Å². The molecular formula is C29H20BrCl2NSZr-2. The van der Waals surface area contributed by atoms with Crippen LogP contribution in [0.1, 0.15) is 11.3 Å². The first-order valence-corrected chi connectivity index (χ1v) is 14.9. The summed E-state index contributed by atoms with van der Waals surface area (Å²) < 4.78 is 3.42. The summed E-state index contributed by atoms with van der Waals surface area (Å²) in [5, 5.41) is 6.73. The number of aryl methyl sites for hydroxylation is 1. The second-order valence-corrected chi connectivity index (χ2v) is 9.03. The van der Waals surface area contributed by atoms with E-state index in [4.69, 9.17) is 0 Å². The van der Waals surface area contributed by atoms with E-state index in [1.165, 1.54) is 54.8 Å². The molecule has 0 bridgehead atoms. The predicted octanol–water partition coefficient (Wildman–Crippen LogP) is 2.68. The van der Waals surface area contributed by atoms with Gasteiger partial charge in [-0.1, -0.05) is 64.6 Å². The zero-order valence-electron chi connectivity index (χ0n) is 18.9. The van der Waals surface area contributed by atoms with E-state index < -0.39 is 0 Å². The molecule has 6 aromatic rings. The molecule has 1 nitrogen and oxygen atoms in total. The Kier molecular flexibility index (Phi) is 9.71. The van der Waals surface area contributed by atoms with Gasteiger partial charge in [0.1, 0.15) is 0 Å². The number of hydrogen-bond donors (Lipinski definition) is 0. The molecule has 7 rings (SSSR count). The molecule has 0 unspecified atom stereocenters. The summed E-state index contributed by atoms with van der Waals surface area (Å²) in [6, 6.07) is 35.5. The van der Waals surface area contributed by atoms with Crippen LogP contribution in [0.3, 0.4) is 0 Å². The Morgan fingerprint density at radius 2 is 1.40 bits per heavy atom. The van der Waals surface area contributed by atoms with Crippen molar-refractivity contribution in [2.24, 2.45) is 7.05 Å². The summed E-state index contributed by atoms with van der Waals surface area (Å²) in [6.45, 7) is 0. The standard InChI is InChI=1S/C16H11BrN.C13H9.2ClH.S.Zr/c1-18-14-5-3-2-4-13(14)16-12-7-6-11(17)8-10(12)9-15(16)18;1-3-7-12-10(5-1)9-11-6-2-4-8-13(11)12;;;;/h2-6,8H,9H2,1H3;1-9H;2*1H;;/q2*-1;;;;+2/p-2. The average Bonchev–Trinajstić information content (AvgIpc) is 3.51. The molecule has 0 saturated carbocycles. The van der Waals surface area contributed by atoms with Gasteiger partial charge in [-0.2, -0.15) is 0 Å². The van der Waals surface area contributed by atoms with Crippen molar-refractivity contribution in [3.63, 3.8) is 0 Å². The first-order valence-electron chi connectivity index (χ1n) is 10.7. The van der Waals surface area contributed by atoms with Gasteiger partial charge >= 0.3 is 31.5 Å². The van der Waals surface area contributed by atoms with Crippen LogP contribution in [0, 0.1) is 6.07 Å². The van der Waals surface area contributed by atoms with Crippen LogP contribution in [0.4, 0.5) is 0 Å². The molecule has 35 heavy (non-hydrogen) atoms. The molecule has 0 amide bonds. The van der Waals surface area contributed by atoms with Gasteiger partial charge in [0.2, 0.25) is 0 Å². The van der Waals surface area contributed by atoms with Crippen LogP contribution >= 0.6 is 24.8 Å². The topological polar surface area (TPSA) is 4.93 Å². The molecule has 0 aliphatic heterocycles. The smallest absolute Gasteiger partial charge is 0.0771 e. The van der Waals surface area contributed by atoms with Gasteiger partial charge < -0.3 is 29.4 Å². The summed E-state index contributed by atoms with van der Waals surface area (Å²) in [5.41, 5.74) is 6.72. The number of aromatic nitrogens is 1. The van der Waals surface area contributed by atoms with Gasteiger partial charge in [0.05, 0.1) is 0 Å². The maximum absolute atomic E-state index is 4.17. The Labute approximate surface area is 244 Å². The fourth-order valence-electron chi connectivity index (χ4n) is 4.90. The Bertz CT molecular complexity index is 1570. The third-order valence-electron chi connectivity index (χ3n) is 6.35. The van der Waals surface area contributed by atoms with Gasteiger partial charge in [0.15, 0.2) is 0 Å². The van der Waals surface area contributed by atoms with Crippen LogP contribution in [0.25, 0.3) is 43.6 Å². The molecule has 0 atom stereocenters. The minimum Gasteiger partial charge on any atom is -0.126 e. The Balaban J connectivity index is 0.000000180. The van der Waals surface area contributed by atoms with Gasteiger partial charge in [-0.15, -0.1) is 85.0 Å². The number of rotatable bonds is 0. The van der Waals surface area contributed by atoms with E-state index in [9.17, 15) is 0 Å². The van der Waals surface area contributed by atoms with Crippen molar-refractivity contribution >= 4 is 57.2 Å². The molecule has 0 saturated heterocycles. The van der Waals surface area contributed by atoms with Crippen molar-refractivity contribution in [2.45, 2.75) is 6.42 Å². The first kappa shape index (κ1) is 28.0. The fourth-order valence-corrected chi connectivity index (χ4v) is 5.29.